The van der Waals surface area contributed by atoms with Crippen molar-refractivity contribution in [3.8, 4) is 0 Å². The number of piperidine rings is 4. The van der Waals surface area contributed by atoms with Crippen molar-refractivity contribution in [1.82, 2.24) is 19.6 Å². The molecule has 0 radical (unpaired) electrons. The van der Waals surface area contributed by atoms with Crippen molar-refractivity contribution in [2.24, 2.45) is 0 Å². The fraction of sp³-hybridized carbons (Fsp3) is 1.00. The molecule has 4 nitrogen and oxygen atoms in total. The molecule has 8 aliphatic rings. The highest BCUT2D eigenvalue weighted by Crippen LogP contribution is 2.48. The zero-order chi connectivity index (χ0) is 22.9. The standard InChI is InChI=1S/2C14H26N2/c1-9(2)15-11-5-7-13-12(15)6-8-14(11)16(13)10(3)4;1-9(2)15-11-5-6-12(15)14-8-7-13(11)16(14)10(3)4/h2*9-14H,5-8H2,1-4H3. The Morgan fingerprint density at radius 1 is 0.312 bits per heavy atom. The van der Waals surface area contributed by atoms with Gasteiger partial charge >= 0.3 is 0 Å². The van der Waals surface area contributed by atoms with E-state index in [1.54, 1.807) is 0 Å². The van der Waals surface area contributed by atoms with Gasteiger partial charge in [0, 0.05) is 72.5 Å². The molecule has 8 rings (SSSR count). The molecule has 32 heavy (non-hydrogen) atoms. The first-order chi connectivity index (χ1) is 15.2. The molecule has 0 spiro atoms. The van der Waals surface area contributed by atoms with E-state index in [1.807, 2.05) is 0 Å². The van der Waals surface area contributed by atoms with E-state index in [0.717, 1.165) is 72.5 Å². The molecule has 8 heterocycles. The number of hydrogen-bond donors (Lipinski definition) is 0. The van der Waals surface area contributed by atoms with E-state index < -0.39 is 0 Å². The number of nitrogens with zero attached hydrogens (tertiary/aromatic N) is 4. The van der Waals surface area contributed by atoms with Crippen LogP contribution in [0.15, 0.2) is 0 Å². The molecule has 0 saturated carbocycles. The Morgan fingerprint density at radius 3 is 0.531 bits per heavy atom. The lowest BCUT2D eigenvalue weighted by Crippen LogP contribution is -2.77. The van der Waals surface area contributed by atoms with E-state index in [4.69, 9.17) is 0 Å². The molecule has 8 bridgehead atoms. The minimum absolute atomic E-state index is 0.745. The highest BCUT2D eigenvalue weighted by atomic mass is 15.4. The van der Waals surface area contributed by atoms with Crippen LogP contribution in [0.2, 0.25) is 0 Å². The summed E-state index contributed by atoms with van der Waals surface area (Å²) in [6, 6.07) is 9.92. The van der Waals surface area contributed by atoms with Crippen molar-refractivity contribution in [2.75, 3.05) is 0 Å². The summed E-state index contributed by atoms with van der Waals surface area (Å²) in [5.74, 6) is 0. The molecule has 0 aliphatic carbocycles. The maximum atomic E-state index is 2.85. The lowest BCUT2D eigenvalue weighted by Gasteiger charge is -2.67. The van der Waals surface area contributed by atoms with Crippen molar-refractivity contribution in [2.45, 2.75) is 179 Å². The maximum Gasteiger partial charge on any atom is 0.0258 e. The highest BCUT2D eigenvalue weighted by molar-refractivity contribution is 5.13. The second-order valence-electron chi connectivity index (χ2n) is 13.0. The topological polar surface area (TPSA) is 13.0 Å². The highest BCUT2D eigenvalue weighted by Gasteiger charge is 2.56. The maximum absolute atomic E-state index is 2.85. The predicted octanol–water partition coefficient (Wildman–Crippen LogP) is 4.97. The van der Waals surface area contributed by atoms with Crippen LogP contribution in [-0.2, 0) is 0 Å². The Labute approximate surface area is 199 Å². The van der Waals surface area contributed by atoms with Gasteiger partial charge < -0.3 is 0 Å². The minimum Gasteiger partial charge on any atom is -0.292 e. The van der Waals surface area contributed by atoms with E-state index in [9.17, 15) is 0 Å². The summed E-state index contributed by atoms with van der Waals surface area (Å²) in [5.41, 5.74) is 0. The van der Waals surface area contributed by atoms with Gasteiger partial charge in [-0.05, 0) is 107 Å². The Bertz CT molecular complexity index is 508. The number of piperazine rings is 2. The van der Waals surface area contributed by atoms with Gasteiger partial charge in [-0.3, -0.25) is 19.6 Å². The van der Waals surface area contributed by atoms with Gasteiger partial charge in [-0.25, -0.2) is 0 Å². The van der Waals surface area contributed by atoms with Gasteiger partial charge in [0.15, 0.2) is 0 Å². The van der Waals surface area contributed by atoms with Crippen molar-refractivity contribution in [3.63, 3.8) is 0 Å². The normalized spacial score (nSPS) is 43.9. The largest absolute Gasteiger partial charge is 0.292 e. The molecule has 8 unspecified atom stereocenters. The third-order valence-electron chi connectivity index (χ3n) is 10.3. The van der Waals surface area contributed by atoms with E-state index in [1.165, 1.54) is 51.4 Å². The summed E-state index contributed by atoms with van der Waals surface area (Å²) in [6.45, 7) is 19.1. The predicted molar refractivity (Wildman–Crippen MR) is 135 cm³/mol. The Hall–Kier alpha value is -0.160. The lowest BCUT2D eigenvalue weighted by molar-refractivity contribution is -0.165. The van der Waals surface area contributed by atoms with Gasteiger partial charge in [-0.2, -0.15) is 0 Å². The second kappa shape index (κ2) is 8.81. The van der Waals surface area contributed by atoms with E-state index in [2.05, 4.69) is 75.0 Å². The fourth-order valence-electron chi connectivity index (χ4n) is 9.73. The summed E-state index contributed by atoms with van der Waals surface area (Å²) in [4.78, 5) is 11.4. The van der Waals surface area contributed by atoms with Gasteiger partial charge in [-0.15, -0.1) is 0 Å². The molecule has 8 aliphatic heterocycles. The third kappa shape index (κ3) is 3.53. The molecular formula is C28H52N4. The van der Waals surface area contributed by atoms with E-state index in [-0.39, 0.29) is 0 Å². The van der Waals surface area contributed by atoms with Crippen LogP contribution in [0.1, 0.15) is 107 Å². The smallest absolute Gasteiger partial charge is 0.0258 e. The average molecular weight is 445 g/mol. The molecule has 0 N–H and O–H groups in total. The van der Waals surface area contributed by atoms with Crippen LogP contribution in [0.3, 0.4) is 0 Å². The van der Waals surface area contributed by atoms with Gasteiger partial charge in [0.05, 0.1) is 0 Å². The monoisotopic (exact) mass is 444 g/mol. The molecule has 184 valence electrons. The summed E-state index contributed by atoms with van der Waals surface area (Å²) in [7, 11) is 0. The lowest BCUT2D eigenvalue weighted by atomic mass is 9.70. The number of fused-ring (bicyclic) bond motifs is 8. The van der Waals surface area contributed by atoms with Crippen molar-refractivity contribution in [1.29, 1.82) is 0 Å². The summed E-state index contributed by atoms with van der Waals surface area (Å²) in [6.07, 6.45) is 11.6. The van der Waals surface area contributed by atoms with Gasteiger partial charge in [0.2, 0.25) is 0 Å². The molecule has 0 aromatic rings. The Balaban J connectivity index is 0.000000135. The van der Waals surface area contributed by atoms with E-state index in [0.29, 0.717) is 0 Å². The van der Waals surface area contributed by atoms with Crippen molar-refractivity contribution < 1.29 is 0 Å². The fourth-order valence-corrected chi connectivity index (χ4v) is 9.73. The summed E-state index contributed by atoms with van der Waals surface area (Å²) in [5, 5.41) is 0. The Kier molecular flexibility index (Phi) is 6.49. The first-order valence-electron chi connectivity index (χ1n) is 14.3. The molecular weight excluding hydrogens is 392 g/mol. The van der Waals surface area contributed by atoms with Crippen LogP contribution in [-0.4, -0.2) is 92.1 Å². The van der Waals surface area contributed by atoms with Crippen LogP contribution in [0.4, 0.5) is 0 Å². The van der Waals surface area contributed by atoms with Crippen LogP contribution in [0.5, 0.6) is 0 Å². The SMILES string of the molecule is CC(C)N1C2CCC1C1CCC2N1C(C)C.CC(C)N1C2CCC3C1CCC2N3C(C)C. The van der Waals surface area contributed by atoms with Crippen LogP contribution >= 0.6 is 0 Å². The molecule has 8 atom stereocenters. The number of rotatable bonds is 4. The molecule has 8 fully saturated rings. The zero-order valence-electron chi connectivity index (χ0n) is 22.4. The molecule has 0 amide bonds. The van der Waals surface area contributed by atoms with Crippen LogP contribution in [0.25, 0.3) is 0 Å². The van der Waals surface area contributed by atoms with Crippen molar-refractivity contribution in [3.05, 3.63) is 0 Å². The first kappa shape index (κ1) is 23.6. The average Bonchev–Trinajstić information content (AvgIpc) is 3.29. The molecule has 0 aromatic carbocycles. The Morgan fingerprint density at radius 2 is 0.438 bits per heavy atom. The van der Waals surface area contributed by atoms with E-state index >= 15 is 0 Å². The first-order valence-corrected chi connectivity index (χ1v) is 14.3. The van der Waals surface area contributed by atoms with Gasteiger partial charge in [0.1, 0.15) is 0 Å². The van der Waals surface area contributed by atoms with Crippen molar-refractivity contribution >= 4 is 0 Å². The third-order valence-corrected chi connectivity index (χ3v) is 10.3. The summed E-state index contributed by atoms with van der Waals surface area (Å²) < 4.78 is 0. The quantitative estimate of drug-likeness (QED) is 0.607. The van der Waals surface area contributed by atoms with Crippen LogP contribution in [0, 0.1) is 0 Å². The van der Waals surface area contributed by atoms with Gasteiger partial charge in [0.25, 0.3) is 0 Å². The van der Waals surface area contributed by atoms with Crippen LogP contribution < -0.4 is 0 Å². The second-order valence-corrected chi connectivity index (χ2v) is 13.0. The molecule has 4 heteroatoms. The van der Waals surface area contributed by atoms with Gasteiger partial charge in [-0.1, -0.05) is 0 Å². The molecule has 0 aromatic heterocycles. The minimum atomic E-state index is 0.745. The number of hydrogen-bond acceptors (Lipinski definition) is 4. The zero-order valence-corrected chi connectivity index (χ0v) is 22.4. The summed E-state index contributed by atoms with van der Waals surface area (Å²) >= 11 is 0. The molecule has 8 saturated heterocycles.